The molecule has 0 spiro atoms. The third-order valence-electron chi connectivity index (χ3n) is 4.23. The zero-order valence-electron chi connectivity index (χ0n) is 12.5. The number of aromatic carboxylic acids is 1. The van der Waals surface area contributed by atoms with Crippen molar-refractivity contribution in [3.05, 3.63) is 29.7 Å². The van der Waals surface area contributed by atoms with Crippen molar-refractivity contribution < 1.29 is 9.90 Å². The van der Waals surface area contributed by atoms with Crippen LogP contribution in [0.3, 0.4) is 0 Å². The highest BCUT2D eigenvalue weighted by atomic mass is 16.4. The summed E-state index contributed by atoms with van der Waals surface area (Å²) in [5.41, 5.74) is 2.72. The second-order valence-electron chi connectivity index (χ2n) is 5.87. The van der Waals surface area contributed by atoms with Gasteiger partial charge in [-0.3, -0.25) is 4.40 Å². The van der Waals surface area contributed by atoms with E-state index in [1.165, 1.54) is 12.8 Å². The largest absolute Gasteiger partial charge is 0.477 e. The minimum atomic E-state index is -0.913. The summed E-state index contributed by atoms with van der Waals surface area (Å²) in [7, 11) is 0. The first-order valence-electron chi connectivity index (χ1n) is 7.59. The van der Waals surface area contributed by atoms with E-state index in [1.54, 1.807) is 4.40 Å². The Morgan fingerprint density at radius 2 is 2.29 bits per heavy atom. The van der Waals surface area contributed by atoms with Crippen molar-refractivity contribution in [3.63, 3.8) is 0 Å². The maximum Gasteiger partial charge on any atom is 0.354 e. The summed E-state index contributed by atoms with van der Waals surface area (Å²) in [6, 6.07) is 3.96. The SMILES string of the molecule is CCc1nc2ccc(N3CCCC(C)C3)cn2c1C(=O)O. The van der Waals surface area contributed by atoms with Gasteiger partial charge in [0.15, 0.2) is 5.69 Å². The Kier molecular flexibility index (Phi) is 3.57. The van der Waals surface area contributed by atoms with Gasteiger partial charge in [-0.15, -0.1) is 0 Å². The number of imidazole rings is 1. The molecule has 0 saturated carbocycles. The number of aromatic nitrogens is 2. The molecule has 3 rings (SSSR count). The molecule has 2 aromatic heterocycles. The summed E-state index contributed by atoms with van der Waals surface area (Å²) < 4.78 is 1.72. The Morgan fingerprint density at radius 1 is 1.48 bits per heavy atom. The van der Waals surface area contributed by atoms with E-state index in [0.29, 0.717) is 29.4 Å². The van der Waals surface area contributed by atoms with E-state index in [9.17, 15) is 9.90 Å². The van der Waals surface area contributed by atoms with E-state index in [1.807, 2.05) is 25.3 Å². The molecular weight excluding hydrogens is 266 g/mol. The predicted molar refractivity (Wildman–Crippen MR) is 82.1 cm³/mol. The predicted octanol–water partition coefficient (Wildman–Crippen LogP) is 2.83. The molecule has 3 heterocycles. The van der Waals surface area contributed by atoms with Crippen LogP contribution in [-0.2, 0) is 6.42 Å². The lowest BCUT2D eigenvalue weighted by molar-refractivity contribution is 0.0688. The summed E-state index contributed by atoms with van der Waals surface area (Å²) >= 11 is 0. The molecule has 1 saturated heterocycles. The molecular formula is C16H21N3O2. The van der Waals surface area contributed by atoms with E-state index in [0.717, 1.165) is 18.8 Å². The molecule has 0 aromatic carbocycles. The molecule has 5 nitrogen and oxygen atoms in total. The summed E-state index contributed by atoms with van der Waals surface area (Å²) in [5, 5.41) is 9.45. The van der Waals surface area contributed by atoms with Crippen LogP contribution in [0.4, 0.5) is 5.69 Å². The molecule has 112 valence electrons. The second kappa shape index (κ2) is 5.39. The van der Waals surface area contributed by atoms with E-state index < -0.39 is 5.97 Å². The van der Waals surface area contributed by atoms with Crippen LogP contribution < -0.4 is 4.90 Å². The van der Waals surface area contributed by atoms with Crippen molar-refractivity contribution in [2.75, 3.05) is 18.0 Å². The number of hydrogen-bond donors (Lipinski definition) is 1. The van der Waals surface area contributed by atoms with Gasteiger partial charge >= 0.3 is 5.97 Å². The number of pyridine rings is 1. The number of fused-ring (bicyclic) bond motifs is 1. The average Bonchev–Trinajstić information content (AvgIpc) is 2.84. The third kappa shape index (κ3) is 2.48. The molecule has 1 fully saturated rings. The number of rotatable bonds is 3. The highest BCUT2D eigenvalue weighted by Gasteiger charge is 2.20. The fourth-order valence-corrected chi connectivity index (χ4v) is 3.17. The standard InChI is InChI=1S/C16H21N3O2/c1-3-13-15(16(20)21)19-10-12(6-7-14(19)17-13)18-8-4-5-11(2)9-18/h6-7,10-11H,3-5,8-9H2,1-2H3,(H,20,21). The van der Waals surface area contributed by atoms with Crippen LogP contribution in [0.15, 0.2) is 18.3 Å². The first-order chi connectivity index (χ1) is 10.1. The Morgan fingerprint density at radius 3 is 2.95 bits per heavy atom. The molecule has 1 atom stereocenters. The van der Waals surface area contributed by atoms with Crippen LogP contribution in [0, 0.1) is 5.92 Å². The normalized spacial score (nSPS) is 19.1. The minimum Gasteiger partial charge on any atom is -0.477 e. The molecule has 0 radical (unpaired) electrons. The number of carboxylic acid groups (broad SMARTS) is 1. The molecule has 1 unspecified atom stereocenters. The molecule has 2 aromatic rings. The van der Waals surface area contributed by atoms with E-state index in [4.69, 9.17) is 0 Å². The van der Waals surface area contributed by atoms with Gasteiger partial charge in [-0.1, -0.05) is 13.8 Å². The summed E-state index contributed by atoms with van der Waals surface area (Å²) in [5.74, 6) is -0.231. The van der Waals surface area contributed by atoms with E-state index in [-0.39, 0.29) is 0 Å². The number of nitrogens with zero attached hydrogens (tertiary/aromatic N) is 3. The molecule has 0 amide bonds. The topological polar surface area (TPSA) is 57.8 Å². The number of carbonyl (C=O) groups is 1. The number of anilines is 1. The number of carboxylic acids is 1. The van der Waals surface area contributed by atoms with Crippen LogP contribution >= 0.6 is 0 Å². The van der Waals surface area contributed by atoms with Crippen molar-refractivity contribution in [1.29, 1.82) is 0 Å². The zero-order valence-corrected chi connectivity index (χ0v) is 12.5. The van der Waals surface area contributed by atoms with Gasteiger partial charge in [-0.2, -0.15) is 0 Å². The van der Waals surface area contributed by atoms with Crippen molar-refractivity contribution in [2.45, 2.75) is 33.1 Å². The summed E-state index contributed by atoms with van der Waals surface area (Å²) in [6.45, 7) is 6.26. The molecule has 5 heteroatoms. The molecule has 0 aliphatic carbocycles. The van der Waals surface area contributed by atoms with Gasteiger partial charge in [0.05, 0.1) is 11.4 Å². The lowest BCUT2D eigenvalue weighted by Gasteiger charge is -2.32. The second-order valence-corrected chi connectivity index (χ2v) is 5.87. The van der Waals surface area contributed by atoms with Gasteiger partial charge in [0.25, 0.3) is 0 Å². The Labute approximate surface area is 124 Å². The minimum absolute atomic E-state index is 0.291. The van der Waals surface area contributed by atoms with Gasteiger partial charge in [-0.05, 0) is 37.3 Å². The van der Waals surface area contributed by atoms with Gasteiger partial charge in [0.1, 0.15) is 5.65 Å². The number of piperidine rings is 1. The summed E-state index contributed by atoms with van der Waals surface area (Å²) in [4.78, 5) is 18.3. The summed E-state index contributed by atoms with van der Waals surface area (Å²) in [6.07, 6.45) is 5.00. The maximum absolute atomic E-state index is 11.5. The van der Waals surface area contributed by atoms with Gasteiger partial charge in [-0.25, -0.2) is 9.78 Å². The van der Waals surface area contributed by atoms with Gasteiger partial charge in [0.2, 0.25) is 0 Å². The first-order valence-corrected chi connectivity index (χ1v) is 7.59. The Hall–Kier alpha value is -2.04. The maximum atomic E-state index is 11.5. The first kappa shape index (κ1) is 13.9. The van der Waals surface area contributed by atoms with Crippen molar-refractivity contribution in [3.8, 4) is 0 Å². The quantitative estimate of drug-likeness (QED) is 0.943. The molecule has 1 aliphatic rings. The van der Waals surface area contributed by atoms with Crippen LogP contribution in [-0.4, -0.2) is 33.6 Å². The van der Waals surface area contributed by atoms with Gasteiger partial charge < -0.3 is 10.0 Å². The smallest absolute Gasteiger partial charge is 0.354 e. The molecule has 1 aliphatic heterocycles. The highest BCUT2D eigenvalue weighted by molar-refractivity contribution is 5.88. The highest BCUT2D eigenvalue weighted by Crippen LogP contribution is 2.24. The Balaban J connectivity index is 2.06. The molecule has 1 N–H and O–H groups in total. The lowest BCUT2D eigenvalue weighted by Crippen LogP contribution is -2.34. The monoisotopic (exact) mass is 287 g/mol. The van der Waals surface area contributed by atoms with E-state index in [2.05, 4.69) is 16.8 Å². The third-order valence-corrected chi connectivity index (χ3v) is 4.23. The van der Waals surface area contributed by atoms with Crippen LogP contribution in [0.2, 0.25) is 0 Å². The molecule has 21 heavy (non-hydrogen) atoms. The van der Waals surface area contributed by atoms with E-state index >= 15 is 0 Å². The fraction of sp³-hybridized carbons (Fsp3) is 0.500. The Bertz CT molecular complexity index is 677. The lowest BCUT2D eigenvalue weighted by atomic mass is 10.00. The number of aryl methyl sites for hydroxylation is 1. The van der Waals surface area contributed by atoms with Crippen LogP contribution in [0.1, 0.15) is 42.9 Å². The fourth-order valence-electron chi connectivity index (χ4n) is 3.17. The van der Waals surface area contributed by atoms with Gasteiger partial charge in [0, 0.05) is 19.3 Å². The van der Waals surface area contributed by atoms with Crippen molar-refractivity contribution >= 4 is 17.3 Å². The van der Waals surface area contributed by atoms with Crippen LogP contribution in [0.5, 0.6) is 0 Å². The zero-order chi connectivity index (χ0) is 15.0. The molecule has 0 bridgehead atoms. The van der Waals surface area contributed by atoms with Crippen LogP contribution in [0.25, 0.3) is 5.65 Å². The number of hydrogen-bond acceptors (Lipinski definition) is 3. The van der Waals surface area contributed by atoms with Crippen molar-refractivity contribution in [1.82, 2.24) is 9.38 Å². The average molecular weight is 287 g/mol. The van der Waals surface area contributed by atoms with Crippen molar-refractivity contribution in [2.24, 2.45) is 5.92 Å².